The maximum atomic E-state index is 13.2. The summed E-state index contributed by atoms with van der Waals surface area (Å²) < 4.78 is 26.9. The Kier molecular flexibility index (Phi) is 6.57. The summed E-state index contributed by atoms with van der Waals surface area (Å²) in [6.45, 7) is 2.32. The number of H-pyrrole nitrogens is 1. The molecule has 0 saturated carbocycles. The minimum atomic E-state index is -3.48. The van der Waals surface area contributed by atoms with E-state index in [1.165, 1.54) is 20.7 Å². The van der Waals surface area contributed by atoms with E-state index in [0.29, 0.717) is 31.8 Å². The summed E-state index contributed by atoms with van der Waals surface area (Å²) in [7, 11) is -3.48. The second kappa shape index (κ2) is 9.76. The van der Waals surface area contributed by atoms with Crippen LogP contribution in [0.4, 0.5) is 0 Å². The van der Waals surface area contributed by atoms with Crippen LogP contribution in [0.1, 0.15) is 42.7 Å². The molecule has 2 aromatic carbocycles. The molecular weight excluding hydrogens is 446 g/mol. The molecule has 0 bridgehead atoms. The largest absolute Gasteiger partial charge is 0.361 e. The molecule has 2 fully saturated rings. The molecule has 0 radical (unpaired) electrons. The summed E-state index contributed by atoms with van der Waals surface area (Å²) in [6, 6.07) is 17.8. The third-order valence-corrected chi connectivity index (χ3v) is 8.83. The van der Waals surface area contributed by atoms with Crippen molar-refractivity contribution in [2.45, 2.75) is 31.6 Å². The number of likely N-dealkylation sites (tertiary alicyclic amines) is 1. The molecule has 2 saturated heterocycles. The third kappa shape index (κ3) is 4.81. The number of piperidine rings is 2. The highest BCUT2D eigenvalue weighted by Crippen LogP contribution is 2.34. The molecule has 178 valence electrons. The van der Waals surface area contributed by atoms with Crippen molar-refractivity contribution >= 4 is 32.9 Å². The van der Waals surface area contributed by atoms with Crippen LogP contribution >= 0.6 is 0 Å². The van der Waals surface area contributed by atoms with Crippen molar-refractivity contribution in [2.75, 3.05) is 26.2 Å². The van der Waals surface area contributed by atoms with Crippen LogP contribution in [0.15, 0.2) is 66.2 Å². The van der Waals surface area contributed by atoms with Crippen molar-refractivity contribution < 1.29 is 13.2 Å². The van der Waals surface area contributed by atoms with E-state index < -0.39 is 10.0 Å². The van der Waals surface area contributed by atoms with E-state index in [1.807, 2.05) is 41.3 Å². The molecule has 1 amide bonds. The Bertz CT molecular complexity index is 1270. The lowest BCUT2D eigenvalue weighted by atomic mass is 9.88. The predicted molar refractivity (Wildman–Crippen MR) is 136 cm³/mol. The van der Waals surface area contributed by atoms with Gasteiger partial charge >= 0.3 is 0 Å². The highest BCUT2D eigenvalue weighted by Gasteiger charge is 2.34. The zero-order chi connectivity index (χ0) is 23.5. The number of nitrogens with zero attached hydrogens (tertiary/aromatic N) is 2. The van der Waals surface area contributed by atoms with Gasteiger partial charge in [0.15, 0.2) is 0 Å². The first kappa shape index (κ1) is 22.9. The highest BCUT2D eigenvalue weighted by atomic mass is 32.2. The van der Waals surface area contributed by atoms with Crippen molar-refractivity contribution in [2.24, 2.45) is 5.92 Å². The van der Waals surface area contributed by atoms with E-state index >= 15 is 0 Å². The van der Waals surface area contributed by atoms with Gasteiger partial charge in [-0.3, -0.25) is 4.79 Å². The molecule has 0 atom stereocenters. The zero-order valence-electron chi connectivity index (χ0n) is 19.3. The number of sulfonamides is 1. The van der Waals surface area contributed by atoms with Crippen LogP contribution in [-0.2, 0) is 14.8 Å². The fourth-order valence-corrected chi connectivity index (χ4v) is 6.49. The molecule has 2 aliphatic heterocycles. The molecule has 2 aliphatic rings. The van der Waals surface area contributed by atoms with Crippen molar-refractivity contribution in [3.05, 3.63) is 77.3 Å². The van der Waals surface area contributed by atoms with Crippen LogP contribution in [0.5, 0.6) is 0 Å². The Morgan fingerprint density at radius 1 is 0.882 bits per heavy atom. The van der Waals surface area contributed by atoms with Gasteiger partial charge in [-0.25, -0.2) is 8.42 Å². The maximum absolute atomic E-state index is 13.2. The van der Waals surface area contributed by atoms with Gasteiger partial charge in [-0.2, -0.15) is 4.31 Å². The van der Waals surface area contributed by atoms with Gasteiger partial charge in [0.05, 0.1) is 0 Å². The van der Waals surface area contributed by atoms with E-state index in [-0.39, 0.29) is 11.8 Å². The second-order valence-corrected chi connectivity index (χ2v) is 11.1. The average Bonchev–Trinajstić information content (AvgIpc) is 3.32. The molecule has 0 spiro atoms. The predicted octanol–water partition coefficient (Wildman–Crippen LogP) is 4.59. The van der Waals surface area contributed by atoms with Gasteiger partial charge in [0.25, 0.3) is 0 Å². The fraction of sp³-hybridized carbons (Fsp3) is 0.370. The number of amides is 1. The van der Waals surface area contributed by atoms with E-state index in [0.717, 1.165) is 37.0 Å². The molecule has 0 unspecified atom stereocenters. The van der Waals surface area contributed by atoms with Gasteiger partial charge in [-0.15, -0.1) is 0 Å². The van der Waals surface area contributed by atoms with Crippen molar-refractivity contribution in [3.63, 3.8) is 0 Å². The lowest BCUT2D eigenvalue weighted by Gasteiger charge is -2.36. The van der Waals surface area contributed by atoms with Crippen LogP contribution < -0.4 is 0 Å². The lowest BCUT2D eigenvalue weighted by molar-refractivity contribution is -0.137. The van der Waals surface area contributed by atoms with Gasteiger partial charge in [0, 0.05) is 54.6 Å². The molecule has 7 heteroatoms. The lowest BCUT2D eigenvalue weighted by Crippen LogP contribution is -2.46. The number of nitrogens with one attached hydrogen (secondary N) is 1. The summed E-state index contributed by atoms with van der Waals surface area (Å²) in [6.07, 6.45) is 6.84. The van der Waals surface area contributed by atoms with Crippen molar-refractivity contribution in [1.82, 2.24) is 14.2 Å². The number of rotatable bonds is 5. The standard InChI is InChI=1S/C27H31N3O3S/c31-27(29-15-10-22(11-16-29)25-20-28-26-9-5-4-8-24(25)26)23-12-17-30(18-13-23)34(32,33)19-14-21-6-2-1-3-7-21/h1-9,14,19-20,22-23,28H,10-13,15-18H2/b19-14+. The number of aromatic amines is 1. The van der Waals surface area contributed by atoms with Gasteiger partial charge < -0.3 is 9.88 Å². The van der Waals surface area contributed by atoms with Gasteiger partial charge in [-0.1, -0.05) is 48.5 Å². The molecular formula is C27H31N3O3S. The Morgan fingerprint density at radius 2 is 1.56 bits per heavy atom. The zero-order valence-corrected chi connectivity index (χ0v) is 20.1. The highest BCUT2D eigenvalue weighted by molar-refractivity contribution is 7.92. The van der Waals surface area contributed by atoms with Crippen molar-refractivity contribution in [1.29, 1.82) is 0 Å². The van der Waals surface area contributed by atoms with Crippen LogP contribution in [0.2, 0.25) is 0 Å². The van der Waals surface area contributed by atoms with Crippen molar-refractivity contribution in [3.8, 4) is 0 Å². The molecule has 5 rings (SSSR count). The van der Waals surface area contributed by atoms with Crippen LogP contribution in [0.25, 0.3) is 17.0 Å². The minimum Gasteiger partial charge on any atom is -0.361 e. The molecule has 6 nitrogen and oxygen atoms in total. The van der Waals surface area contributed by atoms with Gasteiger partial charge in [0.1, 0.15) is 0 Å². The number of benzene rings is 2. The van der Waals surface area contributed by atoms with Crippen LogP contribution in [-0.4, -0.2) is 54.7 Å². The quantitative estimate of drug-likeness (QED) is 0.584. The summed E-state index contributed by atoms with van der Waals surface area (Å²) >= 11 is 0. The first-order valence-corrected chi connectivity index (χ1v) is 13.6. The molecule has 1 N–H and O–H groups in total. The molecule has 3 aromatic rings. The Balaban J connectivity index is 1.14. The normalized spacial score (nSPS) is 19.2. The summed E-state index contributed by atoms with van der Waals surface area (Å²) in [4.78, 5) is 18.5. The van der Waals surface area contributed by atoms with Crippen LogP contribution in [0.3, 0.4) is 0 Å². The number of hydrogen-bond acceptors (Lipinski definition) is 3. The van der Waals surface area contributed by atoms with Gasteiger partial charge in [-0.05, 0) is 54.9 Å². The first-order chi connectivity index (χ1) is 16.5. The Morgan fingerprint density at radius 3 is 2.29 bits per heavy atom. The maximum Gasteiger partial charge on any atom is 0.236 e. The monoisotopic (exact) mass is 477 g/mol. The number of fused-ring (bicyclic) bond motifs is 1. The summed E-state index contributed by atoms with van der Waals surface area (Å²) in [5.41, 5.74) is 3.37. The molecule has 1 aromatic heterocycles. The number of carbonyl (C=O) groups is 1. The third-order valence-electron chi connectivity index (χ3n) is 7.26. The Hall–Kier alpha value is -2.90. The van der Waals surface area contributed by atoms with E-state index in [4.69, 9.17) is 0 Å². The summed E-state index contributed by atoms with van der Waals surface area (Å²) in [5.74, 6) is 0.562. The minimum absolute atomic E-state index is 0.0887. The smallest absolute Gasteiger partial charge is 0.236 e. The number of carbonyl (C=O) groups excluding carboxylic acids is 1. The topological polar surface area (TPSA) is 73.5 Å². The van der Waals surface area contributed by atoms with E-state index in [1.54, 1.807) is 6.08 Å². The summed E-state index contributed by atoms with van der Waals surface area (Å²) in [5, 5.41) is 2.56. The molecule has 0 aliphatic carbocycles. The molecule has 34 heavy (non-hydrogen) atoms. The average molecular weight is 478 g/mol. The molecule has 3 heterocycles. The number of aromatic nitrogens is 1. The SMILES string of the molecule is O=C(C1CCN(S(=O)(=O)/C=C/c2ccccc2)CC1)N1CCC(c2c[nH]c3ccccc23)CC1. The van der Waals surface area contributed by atoms with Gasteiger partial charge in [0.2, 0.25) is 15.9 Å². The van der Waals surface area contributed by atoms with E-state index in [9.17, 15) is 13.2 Å². The first-order valence-electron chi connectivity index (χ1n) is 12.1. The Labute approximate surface area is 201 Å². The fourth-order valence-electron chi connectivity index (χ4n) is 5.27. The van der Waals surface area contributed by atoms with Crippen LogP contribution in [0, 0.1) is 5.92 Å². The van der Waals surface area contributed by atoms with E-state index in [2.05, 4.69) is 29.4 Å². The number of hydrogen-bond donors (Lipinski definition) is 1. The number of para-hydroxylation sites is 1. The second-order valence-electron chi connectivity index (χ2n) is 9.32.